The van der Waals surface area contributed by atoms with Gasteiger partial charge in [-0.1, -0.05) is 0 Å². The summed E-state index contributed by atoms with van der Waals surface area (Å²) in [7, 11) is 0. The highest BCUT2D eigenvalue weighted by atomic mass is 32.1. The minimum atomic E-state index is -0.791. The maximum absolute atomic E-state index is 12.6. The summed E-state index contributed by atoms with van der Waals surface area (Å²) < 4.78 is 0. The molecular formula is C16H23NO3S. The predicted molar refractivity (Wildman–Crippen MR) is 83.8 cm³/mol. The number of rotatable bonds is 3. The fourth-order valence-electron chi connectivity index (χ4n) is 2.76. The van der Waals surface area contributed by atoms with Crippen LogP contribution in [0.5, 0.6) is 0 Å². The van der Waals surface area contributed by atoms with Crippen molar-refractivity contribution in [2.24, 2.45) is 11.3 Å². The summed E-state index contributed by atoms with van der Waals surface area (Å²) >= 11 is 1.52. The van der Waals surface area contributed by atoms with Gasteiger partial charge < -0.3 is 10.0 Å². The summed E-state index contributed by atoms with van der Waals surface area (Å²) in [6, 6.07) is 1.94. The first kappa shape index (κ1) is 16.0. The van der Waals surface area contributed by atoms with Gasteiger partial charge >= 0.3 is 5.97 Å². The van der Waals surface area contributed by atoms with Crippen LogP contribution in [0.25, 0.3) is 0 Å². The molecule has 1 atom stereocenters. The number of likely N-dealkylation sites (tertiary alicyclic amines) is 1. The summed E-state index contributed by atoms with van der Waals surface area (Å²) in [5.74, 6) is -0.735. The van der Waals surface area contributed by atoms with E-state index in [-0.39, 0.29) is 11.8 Å². The van der Waals surface area contributed by atoms with E-state index in [0.717, 1.165) is 34.7 Å². The number of piperidine rings is 1. The van der Waals surface area contributed by atoms with Crippen LogP contribution in [0.4, 0.5) is 0 Å². The first-order chi connectivity index (χ1) is 9.73. The Morgan fingerprint density at radius 3 is 2.57 bits per heavy atom. The van der Waals surface area contributed by atoms with E-state index >= 15 is 0 Å². The van der Waals surface area contributed by atoms with Crippen LogP contribution in [0, 0.1) is 25.2 Å². The van der Waals surface area contributed by atoms with Gasteiger partial charge in [0.25, 0.3) is 5.91 Å². The monoisotopic (exact) mass is 309 g/mol. The Labute approximate surface area is 129 Å². The molecule has 5 heteroatoms. The zero-order valence-electron chi connectivity index (χ0n) is 13.1. The van der Waals surface area contributed by atoms with Crippen molar-refractivity contribution in [2.45, 2.75) is 40.5 Å². The fraction of sp³-hybridized carbons (Fsp3) is 0.625. The van der Waals surface area contributed by atoms with E-state index in [1.165, 1.54) is 11.3 Å². The molecule has 116 valence electrons. The number of aliphatic carboxylic acids is 1. The molecule has 1 unspecified atom stereocenters. The summed E-state index contributed by atoms with van der Waals surface area (Å²) in [4.78, 5) is 27.8. The van der Waals surface area contributed by atoms with Crippen molar-refractivity contribution in [2.75, 3.05) is 13.1 Å². The number of carboxylic acid groups (broad SMARTS) is 1. The predicted octanol–water partition coefficient (Wildman–Crippen LogP) is 3.33. The van der Waals surface area contributed by atoms with E-state index in [1.807, 2.05) is 24.8 Å². The number of amides is 1. The van der Waals surface area contributed by atoms with Crippen molar-refractivity contribution in [3.05, 3.63) is 21.4 Å². The van der Waals surface area contributed by atoms with Crippen molar-refractivity contribution >= 4 is 23.2 Å². The molecule has 4 nitrogen and oxygen atoms in total. The average molecular weight is 309 g/mol. The van der Waals surface area contributed by atoms with Gasteiger partial charge in [-0.05, 0) is 58.1 Å². The quantitative estimate of drug-likeness (QED) is 0.931. The number of hydrogen-bond acceptors (Lipinski definition) is 3. The number of carbonyl (C=O) groups excluding carboxylic acids is 1. The maximum atomic E-state index is 12.6. The molecule has 1 saturated heterocycles. The Morgan fingerprint density at radius 2 is 2.05 bits per heavy atom. The van der Waals surface area contributed by atoms with Crippen LogP contribution in [-0.4, -0.2) is 35.0 Å². The Hall–Kier alpha value is -1.36. The molecule has 2 rings (SSSR count). The van der Waals surface area contributed by atoms with Crippen molar-refractivity contribution in [3.63, 3.8) is 0 Å². The molecule has 0 aliphatic carbocycles. The van der Waals surface area contributed by atoms with Crippen molar-refractivity contribution in [1.29, 1.82) is 0 Å². The van der Waals surface area contributed by atoms with E-state index in [4.69, 9.17) is 0 Å². The van der Waals surface area contributed by atoms with Crippen molar-refractivity contribution in [3.8, 4) is 0 Å². The van der Waals surface area contributed by atoms with Crippen LogP contribution >= 0.6 is 11.3 Å². The van der Waals surface area contributed by atoms with Crippen LogP contribution in [0.3, 0.4) is 0 Å². The summed E-state index contributed by atoms with van der Waals surface area (Å²) in [6.45, 7) is 8.80. The normalized spacial score (nSPS) is 19.6. The molecule has 1 aliphatic rings. The standard InChI is InChI=1S/C16H23NO3S/c1-10-8-13(21-11(10)2)14(18)17-7-5-6-12(9-17)16(3,4)15(19)20/h8,12H,5-7,9H2,1-4H3,(H,19,20). The third-order valence-electron chi connectivity index (χ3n) is 4.66. The van der Waals surface area contributed by atoms with Crippen molar-refractivity contribution < 1.29 is 14.7 Å². The summed E-state index contributed by atoms with van der Waals surface area (Å²) in [6.07, 6.45) is 1.74. The minimum Gasteiger partial charge on any atom is -0.481 e. The van der Waals surface area contributed by atoms with E-state index in [1.54, 1.807) is 13.8 Å². The molecule has 0 saturated carbocycles. The zero-order valence-corrected chi connectivity index (χ0v) is 13.9. The number of nitrogens with zero attached hydrogens (tertiary/aromatic N) is 1. The lowest BCUT2D eigenvalue weighted by Gasteiger charge is -2.39. The molecule has 1 aromatic rings. The second-order valence-corrected chi connectivity index (χ2v) is 7.72. The molecule has 2 heterocycles. The van der Waals surface area contributed by atoms with Gasteiger partial charge in [0.05, 0.1) is 10.3 Å². The lowest BCUT2D eigenvalue weighted by molar-refractivity contribution is -0.151. The average Bonchev–Trinajstić information content (AvgIpc) is 2.78. The van der Waals surface area contributed by atoms with Crippen molar-refractivity contribution in [1.82, 2.24) is 4.90 Å². The van der Waals surface area contributed by atoms with Gasteiger partial charge in [-0.3, -0.25) is 9.59 Å². The summed E-state index contributed by atoms with van der Waals surface area (Å²) in [5, 5.41) is 9.37. The van der Waals surface area contributed by atoms with Gasteiger partial charge in [-0.2, -0.15) is 0 Å². The Balaban J connectivity index is 2.14. The number of carbonyl (C=O) groups is 2. The number of thiophene rings is 1. The third-order valence-corrected chi connectivity index (χ3v) is 5.80. The molecule has 1 N–H and O–H groups in total. The van der Waals surface area contributed by atoms with Gasteiger partial charge in [-0.25, -0.2) is 0 Å². The fourth-order valence-corrected chi connectivity index (χ4v) is 3.76. The molecule has 1 amide bonds. The third kappa shape index (κ3) is 3.12. The summed E-state index contributed by atoms with van der Waals surface area (Å²) in [5.41, 5.74) is 0.350. The zero-order chi connectivity index (χ0) is 15.8. The lowest BCUT2D eigenvalue weighted by atomic mass is 9.74. The van der Waals surface area contributed by atoms with Gasteiger partial charge in [-0.15, -0.1) is 11.3 Å². The molecular weight excluding hydrogens is 286 g/mol. The first-order valence-electron chi connectivity index (χ1n) is 7.33. The van der Waals surface area contributed by atoms with Crippen LogP contribution in [-0.2, 0) is 4.79 Å². The van der Waals surface area contributed by atoms with E-state index in [9.17, 15) is 14.7 Å². The highest BCUT2D eigenvalue weighted by Crippen LogP contribution is 2.35. The van der Waals surface area contributed by atoms with Crippen LogP contribution in [0.1, 0.15) is 46.8 Å². The van der Waals surface area contributed by atoms with Crippen LogP contribution in [0.2, 0.25) is 0 Å². The molecule has 1 fully saturated rings. The molecule has 21 heavy (non-hydrogen) atoms. The highest BCUT2D eigenvalue weighted by Gasteiger charge is 2.40. The van der Waals surface area contributed by atoms with Gasteiger partial charge in [0, 0.05) is 18.0 Å². The Bertz CT molecular complexity index is 542. The second-order valence-electron chi connectivity index (χ2n) is 6.47. The van der Waals surface area contributed by atoms with E-state index in [0.29, 0.717) is 6.54 Å². The Morgan fingerprint density at radius 1 is 1.38 bits per heavy atom. The molecule has 1 aromatic heterocycles. The molecule has 1 aliphatic heterocycles. The minimum absolute atomic E-state index is 0.00913. The molecule has 0 spiro atoms. The maximum Gasteiger partial charge on any atom is 0.309 e. The smallest absolute Gasteiger partial charge is 0.309 e. The van der Waals surface area contributed by atoms with E-state index in [2.05, 4.69) is 0 Å². The molecule has 0 radical (unpaired) electrons. The van der Waals surface area contributed by atoms with Gasteiger partial charge in [0.1, 0.15) is 0 Å². The van der Waals surface area contributed by atoms with Crippen LogP contribution < -0.4 is 0 Å². The number of hydrogen-bond donors (Lipinski definition) is 1. The number of aryl methyl sites for hydroxylation is 2. The topological polar surface area (TPSA) is 57.6 Å². The van der Waals surface area contributed by atoms with Gasteiger partial charge in [0.2, 0.25) is 0 Å². The largest absolute Gasteiger partial charge is 0.481 e. The van der Waals surface area contributed by atoms with Crippen LogP contribution in [0.15, 0.2) is 6.07 Å². The molecule has 0 aromatic carbocycles. The first-order valence-corrected chi connectivity index (χ1v) is 8.15. The molecule has 0 bridgehead atoms. The SMILES string of the molecule is Cc1cc(C(=O)N2CCCC(C(C)(C)C(=O)O)C2)sc1C. The lowest BCUT2D eigenvalue weighted by Crippen LogP contribution is -2.46. The number of carboxylic acids is 1. The van der Waals surface area contributed by atoms with E-state index < -0.39 is 11.4 Å². The second kappa shape index (κ2) is 5.79. The highest BCUT2D eigenvalue weighted by molar-refractivity contribution is 7.14. The Kier molecular flexibility index (Phi) is 4.42. The van der Waals surface area contributed by atoms with Gasteiger partial charge in [0.15, 0.2) is 0 Å².